The quantitative estimate of drug-likeness (QED) is 0.403. The molecule has 4 rings (SSSR count). The van der Waals surface area contributed by atoms with Gasteiger partial charge in [-0.1, -0.05) is 48.5 Å². The number of nitrogens with two attached hydrogens (primary N) is 2. The molecule has 0 saturated heterocycles. The molecule has 1 amide bonds. The number of halogens is 1. The fourth-order valence-electron chi connectivity index (χ4n) is 3.54. The van der Waals surface area contributed by atoms with Crippen molar-refractivity contribution in [3.63, 3.8) is 0 Å². The van der Waals surface area contributed by atoms with Crippen LogP contribution in [0.3, 0.4) is 0 Å². The molecule has 5 nitrogen and oxygen atoms in total. The molecule has 3 aromatic carbocycles. The largest absolute Gasteiger partial charge is 0.398 e. The van der Waals surface area contributed by atoms with Crippen molar-refractivity contribution < 1.29 is 12.0 Å². The van der Waals surface area contributed by atoms with E-state index in [0.717, 1.165) is 17.5 Å². The predicted molar refractivity (Wildman–Crippen MR) is 130 cm³/mol. The molecule has 0 aliphatic heterocycles. The van der Waals surface area contributed by atoms with Crippen molar-refractivity contribution >= 4 is 17.3 Å². The first-order valence-electron chi connectivity index (χ1n) is 10.4. The summed E-state index contributed by atoms with van der Waals surface area (Å²) in [6, 6.07) is 23.2. The van der Waals surface area contributed by atoms with Crippen molar-refractivity contribution in [2.75, 3.05) is 5.32 Å². The highest BCUT2D eigenvalue weighted by atomic mass is 19.1. The number of hydrogen-bond acceptors (Lipinski definition) is 4. The highest BCUT2D eigenvalue weighted by Gasteiger charge is 2.39. The SMILES string of the molecule is N/C(=C\C=C(/N)Nc1cccc(C(=O)N[C@@H]2C[C@H]2c2ccc(F)cc2)c1)c1ccccc1.[HH].[HH]. The third-order valence-electron chi connectivity index (χ3n) is 5.37. The minimum atomic E-state index is -0.258. The van der Waals surface area contributed by atoms with E-state index in [1.807, 2.05) is 36.4 Å². The van der Waals surface area contributed by atoms with Crippen LogP contribution in [-0.4, -0.2) is 11.9 Å². The third-order valence-corrected chi connectivity index (χ3v) is 5.37. The summed E-state index contributed by atoms with van der Waals surface area (Å²) in [5.74, 6) is 0.214. The zero-order chi connectivity index (χ0) is 22.5. The van der Waals surface area contributed by atoms with Crippen LogP contribution >= 0.6 is 0 Å². The lowest BCUT2D eigenvalue weighted by Gasteiger charge is -2.09. The summed E-state index contributed by atoms with van der Waals surface area (Å²) in [7, 11) is 0. The summed E-state index contributed by atoms with van der Waals surface area (Å²) in [5, 5.41) is 6.12. The Bertz CT molecular complexity index is 1170. The number of amides is 1. The van der Waals surface area contributed by atoms with Crippen molar-refractivity contribution in [3.8, 4) is 0 Å². The van der Waals surface area contributed by atoms with E-state index >= 15 is 0 Å². The Morgan fingerprint density at radius 3 is 2.41 bits per heavy atom. The van der Waals surface area contributed by atoms with Gasteiger partial charge in [-0.15, -0.1) is 0 Å². The van der Waals surface area contributed by atoms with Crippen LogP contribution in [0.5, 0.6) is 0 Å². The van der Waals surface area contributed by atoms with E-state index < -0.39 is 0 Å². The molecule has 6 N–H and O–H groups in total. The Balaban J connectivity index is 0.00000204. The lowest BCUT2D eigenvalue weighted by Crippen LogP contribution is -2.26. The zero-order valence-electron chi connectivity index (χ0n) is 17.5. The van der Waals surface area contributed by atoms with Crippen LogP contribution in [-0.2, 0) is 0 Å². The van der Waals surface area contributed by atoms with Crippen LogP contribution < -0.4 is 22.1 Å². The number of allylic oxidation sites excluding steroid dienone is 2. The van der Waals surface area contributed by atoms with Crippen LogP contribution in [0.4, 0.5) is 10.1 Å². The first kappa shape index (κ1) is 21.2. The van der Waals surface area contributed by atoms with Gasteiger partial charge in [0, 0.05) is 31.8 Å². The summed E-state index contributed by atoms with van der Waals surface area (Å²) in [4.78, 5) is 12.7. The van der Waals surface area contributed by atoms with Crippen LogP contribution in [0, 0.1) is 5.82 Å². The Hall–Kier alpha value is -4.06. The predicted octanol–water partition coefficient (Wildman–Crippen LogP) is 4.82. The smallest absolute Gasteiger partial charge is 0.251 e. The molecule has 1 saturated carbocycles. The first-order valence-corrected chi connectivity index (χ1v) is 10.4. The summed E-state index contributed by atoms with van der Waals surface area (Å²) < 4.78 is 13.1. The molecular weight excluding hydrogens is 403 g/mol. The van der Waals surface area contributed by atoms with Gasteiger partial charge in [0.25, 0.3) is 5.91 Å². The molecule has 1 fully saturated rings. The summed E-state index contributed by atoms with van der Waals surface area (Å²) in [6.45, 7) is 0. The van der Waals surface area contributed by atoms with E-state index in [4.69, 9.17) is 11.5 Å². The van der Waals surface area contributed by atoms with Crippen molar-refractivity contribution in [2.45, 2.75) is 18.4 Å². The van der Waals surface area contributed by atoms with Gasteiger partial charge in [0.2, 0.25) is 0 Å². The number of benzene rings is 3. The molecular formula is C26H29FN4O. The second-order valence-corrected chi connectivity index (χ2v) is 7.79. The number of carbonyl (C=O) groups is 1. The summed E-state index contributed by atoms with van der Waals surface area (Å²) in [5.41, 5.74) is 15.9. The van der Waals surface area contributed by atoms with Crippen molar-refractivity contribution in [1.29, 1.82) is 0 Å². The molecule has 2 atom stereocenters. The van der Waals surface area contributed by atoms with Crippen LogP contribution in [0.1, 0.15) is 36.7 Å². The normalized spacial score (nSPS) is 18.2. The summed E-state index contributed by atoms with van der Waals surface area (Å²) in [6.07, 6.45) is 4.27. The van der Waals surface area contributed by atoms with Gasteiger partial charge in [-0.05, 0) is 60.0 Å². The highest BCUT2D eigenvalue weighted by molar-refractivity contribution is 5.95. The maximum Gasteiger partial charge on any atom is 0.251 e. The minimum absolute atomic E-state index is 0. The second kappa shape index (κ2) is 9.39. The van der Waals surface area contributed by atoms with Gasteiger partial charge in [0.15, 0.2) is 0 Å². The maximum atomic E-state index is 13.1. The Labute approximate surface area is 189 Å². The maximum absolute atomic E-state index is 13.1. The van der Waals surface area contributed by atoms with E-state index in [2.05, 4.69) is 10.6 Å². The molecule has 0 bridgehead atoms. The van der Waals surface area contributed by atoms with Gasteiger partial charge in [0.1, 0.15) is 11.6 Å². The Morgan fingerprint density at radius 2 is 1.66 bits per heavy atom. The van der Waals surface area contributed by atoms with Crippen molar-refractivity contribution in [1.82, 2.24) is 5.32 Å². The first-order chi connectivity index (χ1) is 15.5. The van der Waals surface area contributed by atoms with E-state index in [-0.39, 0.29) is 26.5 Å². The van der Waals surface area contributed by atoms with Gasteiger partial charge < -0.3 is 22.1 Å². The summed E-state index contributed by atoms with van der Waals surface area (Å²) >= 11 is 0. The van der Waals surface area contributed by atoms with E-state index in [0.29, 0.717) is 22.8 Å². The highest BCUT2D eigenvalue weighted by Crippen LogP contribution is 2.40. The molecule has 0 spiro atoms. The number of hydrogen-bond donors (Lipinski definition) is 4. The van der Waals surface area contributed by atoms with Gasteiger partial charge >= 0.3 is 0 Å². The molecule has 32 heavy (non-hydrogen) atoms. The lowest BCUT2D eigenvalue weighted by molar-refractivity contribution is 0.0950. The van der Waals surface area contributed by atoms with Crippen LogP contribution in [0.2, 0.25) is 0 Å². The monoisotopic (exact) mass is 432 g/mol. The second-order valence-electron chi connectivity index (χ2n) is 7.79. The molecule has 3 aromatic rings. The van der Waals surface area contributed by atoms with Gasteiger partial charge in [-0.25, -0.2) is 4.39 Å². The topological polar surface area (TPSA) is 93.2 Å². The molecule has 1 aliphatic carbocycles. The number of carbonyl (C=O) groups excluding carboxylic acids is 1. The van der Waals surface area contributed by atoms with Crippen molar-refractivity contribution in [2.24, 2.45) is 11.5 Å². The van der Waals surface area contributed by atoms with E-state index in [1.165, 1.54) is 12.1 Å². The zero-order valence-corrected chi connectivity index (χ0v) is 17.5. The molecule has 0 heterocycles. The number of rotatable bonds is 7. The third kappa shape index (κ3) is 5.35. The van der Waals surface area contributed by atoms with E-state index in [9.17, 15) is 9.18 Å². The lowest BCUT2D eigenvalue weighted by atomic mass is 10.1. The Morgan fingerprint density at radius 1 is 0.938 bits per heavy atom. The Kier molecular flexibility index (Phi) is 6.22. The minimum Gasteiger partial charge on any atom is -0.398 e. The molecule has 6 heteroatoms. The average Bonchev–Trinajstić information content (AvgIpc) is 3.57. The fourth-order valence-corrected chi connectivity index (χ4v) is 3.54. The number of anilines is 1. The molecule has 0 radical (unpaired) electrons. The van der Waals surface area contributed by atoms with Crippen LogP contribution in [0.15, 0.2) is 96.8 Å². The standard InChI is InChI=1S/C26H25FN4O.2H2/c27-20-11-9-17(10-12-20)22-16-24(22)31-26(32)19-7-4-8-21(15-19)30-25(29)14-13-23(28)18-5-2-1-3-6-18;;/h1-15,22,24,30H,16,28-29H2,(H,31,32);2*1H/b23-13-,25-14+;;/t22-,24+;;/m0../s1. The van der Waals surface area contributed by atoms with E-state index in [1.54, 1.807) is 42.5 Å². The van der Waals surface area contributed by atoms with Gasteiger partial charge in [-0.2, -0.15) is 0 Å². The average molecular weight is 433 g/mol. The number of nitrogens with one attached hydrogen (secondary N) is 2. The van der Waals surface area contributed by atoms with Gasteiger partial charge in [0.05, 0.1) is 0 Å². The van der Waals surface area contributed by atoms with Crippen LogP contribution in [0.25, 0.3) is 5.70 Å². The van der Waals surface area contributed by atoms with Gasteiger partial charge in [-0.3, -0.25) is 4.79 Å². The fraction of sp³-hybridized carbons (Fsp3) is 0.115. The molecule has 0 unspecified atom stereocenters. The molecule has 166 valence electrons. The molecule has 0 aromatic heterocycles. The van der Waals surface area contributed by atoms with Crippen molar-refractivity contribution in [3.05, 3.63) is 119 Å². The molecule has 1 aliphatic rings.